The predicted molar refractivity (Wildman–Crippen MR) is 93.9 cm³/mol. The molecule has 10 nitrogen and oxygen atoms in total. The van der Waals surface area contributed by atoms with Crippen molar-refractivity contribution in [1.29, 1.82) is 5.41 Å². The van der Waals surface area contributed by atoms with Gasteiger partial charge < -0.3 is 26.5 Å². The summed E-state index contributed by atoms with van der Waals surface area (Å²) in [6.45, 7) is 0.355. The summed E-state index contributed by atoms with van der Waals surface area (Å²) in [5.41, 5.74) is 10.8. The van der Waals surface area contributed by atoms with E-state index >= 15 is 0 Å². The van der Waals surface area contributed by atoms with Crippen molar-refractivity contribution in [3.8, 4) is 0 Å². The van der Waals surface area contributed by atoms with Crippen LogP contribution >= 0.6 is 0 Å². The molecule has 0 radical (unpaired) electrons. The van der Waals surface area contributed by atoms with Gasteiger partial charge in [0.1, 0.15) is 12.2 Å². The molecule has 27 heavy (non-hydrogen) atoms. The quantitative estimate of drug-likeness (QED) is 0.127. The Morgan fingerprint density at radius 2 is 2.11 bits per heavy atom. The number of aliphatic imine (C=N–C) groups is 1. The molecule has 0 aliphatic carbocycles. The van der Waals surface area contributed by atoms with E-state index in [0.717, 1.165) is 0 Å². The van der Waals surface area contributed by atoms with E-state index in [1.165, 1.54) is 25.4 Å². The van der Waals surface area contributed by atoms with Crippen LogP contribution in [0.25, 0.3) is 0 Å². The molecule has 1 unspecified atom stereocenters. The molecule has 152 valence electrons. The smallest absolute Gasteiger partial charge is 0.382 e. The minimum Gasteiger partial charge on any atom is -0.382 e. The molecule has 0 aromatic heterocycles. The van der Waals surface area contributed by atoms with Crippen molar-refractivity contribution in [2.75, 3.05) is 13.1 Å². The van der Waals surface area contributed by atoms with Crippen molar-refractivity contribution in [2.45, 2.75) is 38.1 Å². The Bertz CT molecular complexity index is 647. The molecule has 0 saturated heterocycles. The molecular formula is C14H23F3N8O2. The van der Waals surface area contributed by atoms with E-state index in [-0.39, 0.29) is 12.1 Å². The van der Waals surface area contributed by atoms with Crippen LogP contribution in [0.5, 0.6) is 0 Å². The largest absolute Gasteiger partial charge is 0.406 e. The summed E-state index contributed by atoms with van der Waals surface area (Å²) in [4.78, 5) is 14.6. The molecule has 0 saturated carbocycles. The first-order chi connectivity index (χ1) is 12.5. The third-order valence-electron chi connectivity index (χ3n) is 3.78. The Hall–Kier alpha value is -2.99. The van der Waals surface area contributed by atoms with Gasteiger partial charge in [0, 0.05) is 25.4 Å². The Morgan fingerprint density at radius 1 is 1.44 bits per heavy atom. The molecule has 13 heteroatoms. The highest BCUT2D eigenvalue weighted by atomic mass is 19.4. The average Bonchev–Trinajstić information content (AvgIpc) is 2.58. The van der Waals surface area contributed by atoms with Crippen molar-refractivity contribution in [1.82, 2.24) is 15.5 Å². The maximum atomic E-state index is 12.9. The van der Waals surface area contributed by atoms with Crippen molar-refractivity contribution in [3.05, 3.63) is 33.9 Å². The molecule has 0 bridgehead atoms. The molecule has 0 amide bonds. The van der Waals surface area contributed by atoms with Crippen LogP contribution < -0.4 is 22.1 Å². The lowest BCUT2D eigenvalue weighted by Crippen LogP contribution is -2.62. The fourth-order valence-electron chi connectivity index (χ4n) is 2.44. The van der Waals surface area contributed by atoms with E-state index in [4.69, 9.17) is 16.9 Å². The zero-order chi connectivity index (χ0) is 20.7. The van der Waals surface area contributed by atoms with Crippen LogP contribution in [0.2, 0.25) is 0 Å². The van der Waals surface area contributed by atoms with Gasteiger partial charge in [-0.25, -0.2) is 4.99 Å². The highest BCUT2D eigenvalue weighted by Gasteiger charge is 2.43. The molecule has 1 heterocycles. The molecule has 1 aliphatic heterocycles. The number of nitrogens with one attached hydrogen (secondary N) is 3. The number of unbranched alkanes of at least 4 members (excludes halogenated alkanes) is 1. The third-order valence-corrected chi connectivity index (χ3v) is 3.78. The maximum Gasteiger partial charge on any atom is 0.406 e. The first-order valence-corrected chi connectivity index (χ1v) is 7.99. The monoisotopic (exact) mass is 392 g/mol. The van der Waals surface area contributed by atoms with E-state index < -0.39 is 35.2 Å². The summed E-state index contributed by atoms with van der Waals surface area (Å²) in [5, 5.41) is 23.6. The summed E-state index contributed by atoms with van der Waals surface area (Å²) in [6.07, 6.45) is 0.717. The van der Waals surface area contributed by atoms with E-state index in [9.17, 15) is 23.3 Å². The first kappa shape index (κ1) is 22.1. The summed E-state index contributed by atoms with van der Waals surface area (Å²) >= 11 is 0. The summed E-state index contributed by atoms with van der Waals surface area (Å²) in [5.74, 6) is -2.79. The Balaban J connectivity index is 2.74. The van der Waals surface area contributed by atoms with Crippen LogP contribution in [0.15, 0.2) is 28.8 Å². The topological polar surface area (TPSA) is 159 Å². The van der Waals surface area contributed by atoms with Gasteiger partial charge in [0.05, 0.1) is 0 Å². The van der Waals surface area contributed by atoms with Gasteiger partial charge in [-0.2, -0.15) is 13.2 Å². The van der Waals surface area contributed by atoms with Crippen molar-refractivity contribution in [2.24, 2.45) is 16.5 Å². The molecule has 0 aromatic rings. The minimum atomic E-state index is -4.57. The summed E-state index contributed by atoms with van der Waals surface area (Å²) in [6, 6.07) is 0. The lowest BCUT2D eigenvalue weighted by Gasteiger charge is -2.42. The highest BCUT2D eigenvalue weighted by Crippen LogP contribution is 2.27. The number of hydrogen-bond acceptors (Lipinski definition) is 7. The maximum absolute atomic E-state index is 12.9. The zero-order valence-electron chi connectivity index (χ0n) is 14.7. The van der Waals surface area contributed by atoms with Gasteiger partial charge in [-0.3, -0.25) is 16.0 Å². The summed E-state index contributed by atoms with van der Waals surface area (Å²) in [7, 11) is 0. The zero-order valence-corrected chi connectivity index (χ0v) is 14.7. The Labute approximate surface area is 153 Å². The normalized spacial score (nSPS) is 19.9. The van der Waals surface area contributed by atoms with Crippen molar-refractivity contribution >= 4 is 12.2 Å². The molecule has 0 spiro atoms. The van der Waals surface area contributed by atoms with Gasteiger partial charge in [-0.15, -0.1) is 0 Å². The van der Waals surface area contributed by atoms with Crippen LogP contribution in [-0.2, 0) is 0 Å². The van der Waals surface area contributed by atoms with Crippen LogP contribution in [0.4, 0.5) is 13.2 Å². The molecule has 1 rings (SSSR count). The van der Waals surface area contributed by atoms with E-state index in [2.05, 4.69) is 15.6 Å². The molecule has 0 fully saturated rings. The number of hydrogen-bond donors (Lipinski definition) is 5. The third kappa shape index (κ3) is 6.67. The fraction of sp³-hybridized carbons (Fsp3) is 0.571. The van der Waals surface area contributed by atoms with E-state index in [0.29, 0.717) is 24.3 Å². The van der Waals surface area contributed by atoms with Crippen LogP contribution in [0, 0.1) is 15.5 Å². The standard InChI is InChI=1S/C14H23F3N8O2/c1-10(11(18)25(26)27)21-6-3-2-5-14(22-7-4-8-23-14)24(12(19)20)9-13(15,16)17/h4,7-8,21-22H,2-3,5-6,9,18H2,1H3,(H3,19,20). The van der Waals surface area contributed by atoms with Gasteiger partial charge in [0.2, 0.25) is 5.79 Å². The number of halogens is 3. The minimum absolute atomic E-state index is 0.124. The van der Waals surface area contributed by atoms with Crippen molar-refractivity contribution in [3.63, 3.8) is 0 Å². The van der Waals surface area contributed by atoms with Gasteiger partial charge in [0.25, 0.3) is 0 Å². The van der Waals surface area contributed by atoms with E-state index in [1.807, 2.05) is 0 Å². The Kier molecular flexibility index (Phi) is 7.43. The van der Waals surface area contributed by atoms with Crippen LogP contribution in [-0.4, -0.2) is 47.0 Å². The fourth-order valence-corrected chi connectivity index (χ4v) is 2.44. The average molecular weight is 392 g/mol. The molecule has 1 atom stereocenters. The van der Waals surface area contributed by atoms with Gasteiger partial charge in [-0.1, -0.05) is 0 Å². The molecular weight excluding hydrogens is 369 g/mol. The first-order valence-electron chi connectivity index (χ1n) is 7.99. The second-order valence-corrected chi connectivity index (χ2v) is 5.84. The summed E-state index contributed by atoms with van der Waals surface area (Å²) < 4.78 is 38.7. The number of rotatable bonds is 9. The Morgan fingerprint density at radius 3 is 2.59 bits per heavy atom. The number of nitrogens with two attached hydrogens (primary N) is 2. The van der Waals surface area contributed by atoms with Crippen molar-refractivity contribution < 1.29 is 18.1 Å². The lowest BCUT2D eigenvalue weighted by atomic mass is 10.1. The van der Waals surface area contributed by atoms with Gasteiger partial charge >= 0.3 is 12.0 Å². The number of nitro groups is 1. The molecule has 7 N–H and O–H groups in total. The lowest BCUT2D eigenvalue weighted by molar-refractivity contribution is -0.428. The second-order valence-electron chi connectivity index (χ2n) is 5.84. The second kappa shape index (κ2) is 9.09. The van der Waals surface area contributed by atoms with E-state index in [1.54, 1.807) is 0 Å². The number of allylic oxidation sites excluding steroid dienone is 2. The SMILES string of the molecule is CC(NCCCCC1(N(CC(F)(F)F)C(=N)N)N=CC=CN1)=C(N)[N+](=O)[O-]. The van der Waals surface area contributed by atoms with Crippen LogP contribution in [0.3, 0.4) is 0 Å². The predicted octanol–water partition coefficient (Wildman–Crippen LogP) is 0.770. The highest BCUT2D eigenvalue weighted by molar-refractivity contribution is 5.77. The molecule has 1 aliphatic rings. The van der Waals surface area contributed by atoms with Gasteiger partial charge in [0.15, 0.2) is 5.96 Å². The number of nitrogens with zero attached hydrogens (tertiary/aromatic N) is 3. The van der Waals surface area contributed by atoms with Crippen LogP contribution in [0.1, 0.15) is 26.2 Å². The van der Waals surface area contributed by atoms with Gasteiger partial charge in [-0.05, 0) is 30.8 Å². The molecule has 0 aromatic carbocycles. The number of guanidine groups is 1. The number of alkyl halides is 3.